The number of β-lactam (4-membered cyclic amide) rings is 1. The maximum Gasteiger partial charge on any atom is 0.320 e. The van der Waals surface area contributed by atoms with E-state index >= 15 is 0 Å². The number of hydrogen-bond acceptors (Lipinski definition) is 7. The lowest BCUT2D eigenvalue weighted by atomic mass is 10.0. The van der Waals surface area contributed by atoms with Crippen molar-refractivity contribution < 1.29 is 19.3 Å². The number of carbonyl (C=O) groups is 3. The van der Waals surface area contributed by atoms with Gasteiger partial charge in [-0.15, -0.1) is 11.8 Å². The van der Waals surface area contributed by atoms with E-state index in [4.69, 9.17) is 0 Å². The molecule has 0 radical (unpaired) electrons. The summed E-state index contributed by atoms with van der Waals surface area (Å²) >= 11 is 1.42. The molecule has 1 aromatic heterocycles. The Bertz CT molecular complexity index is 894. The van der Waals surface area contributed by atoms with Gasteiger partial charge in [-0.1, -0.05) is 6.92 Å². The van der Waals surface area contributed by atoms with Crippen molar-refractivity contribution in [2.75, 3.05) is 12.3 Å². The number of nitrogens with zero attached hydrogens (tertiary/aromatic N) is 4. The molecule has 3 rings (SSSR count). The third-order valence-electron chi connectivity index (χ3n) is 4.42. The summed E-state index contributed by atoms with van der Waals surface area (Å²) in [5.74, 6) is -0.998. The maximum atomic E-state index is 12.6. The summed E-state index contributed by atoms with van der Waals surface area (Å²) in [6.07, 6.45) is 1.90. The van der Waals surface area contributed by atoms with Gasteiger partial charge in [0.05, 0.1) is 4.92 Å². The molecule has 2 atom stereocenters. The third-order valence-corrected chi connectivity index (χ3v) is 5.84. The molecular weight excluding hydrogens is 388 g/mol. The van der Waals surface area contributed by atoms with E-state index in [1.165, 1.54) is 28.4 Å². The lowest BCUT2D eigenvalue weighted by Gasteiger charge is -2.49. The number of carbonyl (C=O) groups excluding carboxylic acids is 3. The standard InChI is InChI=1S/C16H20N6O5S/c1-4-5-17-14(24)12-8(2)7-28-16-11(15(25)21(12)16)18-13(23)10-9(22(26)27)6-20(3)19-10/h6,11,16H,4-5,7H2,1-3H3,(H,17,24)(H,18,23)/t11-,16+/m0/s1. The normalized spacial score (nSPS) is 21.1. The minimum Gasteiger partial charge on any atom is -0.351 e. The Morgan fingerprint density at radius 1 is 1.43 bits per heavy atom. The van der Waals surface area contributed by atoms with Crippen molar-refractivity contribution in [3.05, 3.63) is 33.3 Å². The Morgan fingerprint density at radius 2 is 2.14 bits per heavy atom. The third kappa shape index (κ3) is 3.35. The van der Waals surface area contributed by atoms with Crippen LogP contribution in [0.4, 0.5) is 5.69 Å². The van der Waals surface area contributed by atoms with Crippen LogP contribution in [0.15, 0.2) is 17.5 Å². The summed E-state index contributed by atoms with van der Waals surface area (Å²) in [6, 6.07) is -0.874. The first-order valence-electron chi connectivity index (χ1n) is 8.67. The summed E-state index contributed by atoms with van der Waals surface area (Å²) in [6.45, 7) is 4.22. The molecule has 12 heteroatoms. The molecule has 1 aromatic rings. The Morgan fingerprint density at radius 3 is 2.79 bits per heavy atom. The Kier molecular flexibility index (Phi) is 5.40. The van der Waals surface area contributed by atoms with Crippen LogP contribution in [0.25, 0.3) is 0 Å². The number of thioether (sulfide) groups is 1. The Balaban J connectivity index is 1.76. The van der Waals surface area contributed by atoms with Crippen LogP contribution >= 0.6 is 11.8 Å². The largest absolute Gasteiger partial charge is 0.351 e. The van der Waals surface area contributed by atoms with Crippen molar-refractivity contribution >= 4 is 35.2 Å². The van der Waals surface area contributed by atoms with Crippen LogP contribution in [0.5, 0.6) is 0 Å². The van der Waals surface area contributed by atoms with Gasteiger partial charge in [0, 0.05) is 19.3 Å². The molecule has 28 heavy (non-hydrogen) atoms. The molecular formula is C16H20N6O5S. The maximum absolute atomic E-state index is 12.6. The lowest BCUT2D eigenvalue weighted by molar-refractivity contribution is -0.385. The SMILES string of the molecule is CCCNC(=O)C1=C(C)CS[C@@H]2[C@@H](NC(=O)c3nn(C)cc3[N+](=O)[O-])C(=O)N12. The highest BCUT2D eigenvalue weighted by Gasteiger charge is 2.54. The zero-order valence-corrected chi connectivity index (χ0v) is 16.4. The monoisotopic (exact) mass is 408 g/mol. The summed E-state index contributed by atoms with van der Waals surface area (Å²) in [7, 11) is 1.46. The van der Waals surface area contributed by atoms with E-state index in [1.807, 2.05) is 6.92 Å². The fourth-order valence-electron chi connectivity index (χ4n) is 3.10. The molecule has 0 aromatic carbocycles. The summed E-state index contributed by atoms with van der Waals surface area (Å²) in [5, 5.41) is 19.8. The van der Waals surface area contributed by atoms with Crippen LogP contribution < -0.4 is 10.6 Å². The van der Waals surface area contributed by atoms with E-state index in [-0.39, 0.29) is 11.6 Å². The van der Waals surface area contributed by atoms with Crippen molar-refractivity contribution in [2.45, 2.75) is 31.7 Å². The fourth-order valence-corrected chi connectivity index (χ4v) is 4.39. The van der Waals surface area contributed by atoms with Crippen LogP contribution in [0.2, 0.25) is 0 Å². The molecule has 2 N–H and O–H groups in total. The highest BCUT2D eigenvalue weighted by molar-refractivity contribution is 8.00. The second kappa shape index (κ2) is 7.62. The van der Waals surface area contributed by atoms with Crippen LogP contribution in [0.3, 0.4) is 0 Å². The predicted molar refractivity (Wildman–Crippen MR) is 100 cm³/mol. The second-order valence-corrected chi connectivity index (χ2v) is 7.64. The summed E-state index contributed by atoms with van der Waals surface area (Å²) < 4.78 is 1.17. The van der Waals surface area contributed by atoms with Gasteiger partial charge >= 0.3 is 5.69 Å². The van der Waals surface area contributed by atoms with E-state index in [0.717, 1.165) is 18.2 Å². The zero-order valence-electron chi connectivity index (χ0n) is 15.6. The zero-order chi connectivity index (χ0) is 20.6. The molecule has 0 saturated carbocycles. The van der Waals surface area contributed by atoms with Gasteiger partial charge in [-0.2, -0.15) is 5.10 Å². The minimum atomic E-state index is -0.874. The van der Waals surface area contributed by atoms with Crippen LogP contribution in [0, 0.1) is 10.1 Å². The van der Waals surface area contributed by atoms with E-state index in [1.54, 1.807) is 6.92 Å². The summed E-state index contributed by atoms with van der Waals surface area (Å²) in [5.41, 5.74) is 0.312. The van der Waals surface area contributed by atoms with E-state index in [9.17, 15) is 24.5 Å². The number of nitrogens with one attached hydrogen (secondary N) is 2. The highest BCUT2D eigenvalue weighted by Crippen LogP contribution is 2.40. The smallest absolute Gasteiger partial charge is 0.320 e. The van der Waals surface area contributed by atoms with Gasteiger partial charge in [0.25, 0.3) is 17.7 Å². The van der Waals surface area contributed by atoms with E-state index in [0.29, 0.717) is 18.0 Å². The Hall–Kier alpha value is -2.89. The molecule has 0 unspecified atom stereocenters. The highest BCUT2D eigenvalue weighted by atomic mass is 32.2. The predicted octanol–water partition coefficient (Wildman–Crippen LogP) is 0.142. The molecule has 11 nitrogen and oxygen atoms in total. The first-order valence-corrected chi connectivity index (χ1v) is 9.72. The molecule has 2 aliphatic rings. The number of aromatic nitrogens is 2. The van der Waals surface area contributed by atoms with Gasteiger partial charge in [0.15, 0.2) is 0 Å². The van der Waals surface area contributed by atoms with Crippen molar-refractivity contribution in [3.63, 3.8) is 0 Å². The molecule has 2 aliphatic heterocycles. The number of amides is 3. The number of aryl methyl sites for hydroxylation is 1. The fraction of sp³-hybridized carbons (Fsp3) is 0.500. The molecule has 150 valence electrons. The van der Waals surface area contributed by atoms with Crippen LogP contribution in [0.1, 0.15) is 30.8 Å². The number of fused-ring (bicyclic) bond motifs is 1. The van der Waals surface area contributed by atoms with Crippen molar-refractivity contribution in [2.24, 2.45) is 7.05 Å². The van der Waals surface area contributed by atoms with Gasteiger partial charge in [-0.05, 0) is 18.9 Å². The number of hydrogen-bond donors (Lipinski definition) is 2. The Labute approximate surface area is 164 Å². The second-order valence-electron chi connectivity index (χ2n) is 6.54. The average molecular weight is 408 g/mol. The van der Waals surface area contributed by atoms with E-state index < -0.39 is 33.8 Å². The quantitative estimate of drug-likeness (QED) is 0.388. The molecule has 3 heterocycles. The topological polar surface area (TPSA) is 139 Å². The molecule has 0 bridgehead atoms. The van der Waals surface area contributed by atoms with Gasteiger partial charge < -0.3 is 10.6 Å². The number of rotatable bonds is 6. The molecule has 0 spiro atoms. The van der Waals surface area contributed by atoms with Gasteiger partial charge in [0.1, 0.15) is 23.3 Å². The first kappa shape index (κ1) is 19.9. The van der Waals surface area contributed by atoms with Crippen molar-refractivity contribution in [3.8, 4) is 0 Å². The molecule has 1 fully saturated rings. The first-order chi connectivity index (χ1) is 13.3. The van der Waals surface area contributed by atoms with Crippen LogP contribution in [-0.4, -0.2) is 61.0 Å². The lowest BCUT2D eigenvalue weighted by Crippen LogP contribution is -2.71. The van der Waals surface area contributed by atoms with Gasteiger partial charge in [-0.25, -0.2) is 0 Å². The van der Waals surface area contributed by atoms with Crippen molar-refractivity contribution in [1.82, 2.24) is 25.3 Å². The van der Waals surface area contributed by atoms with E-state index in [2.05, 4.69) is 15.7 Å². The van der Waals surface area contributed by atoms with Crippen molar-refractivity contribution in [1.29, 1.82) is 0 Å². The number of nitro groups is 1. The molecule has 0 aliphatic carbocycles. The van der Waals surface area contributed by atoms with Gasteiger partial charge in [0.2, 0.25) is 5.69 Å². The van der Waals surface area contributed by atoms with Crippen LogP contribution in [-0.2, 0) is 16.6 Å². The molecule has 3 amide bonds. The molecule has 1 saturated heterocycles. The summed E-state index contributed by atoms with van der Waals surface area (Å²) in [4.78, 5) is 49.3. The average Bonchev–Trinajstić information content (AvgIpc) is 3.06. The van der Waals surface area contributed by atoms with Gasteiger partial charge in [-0.3, -0.25) is 34.1 Å². The minimum absolute atomic E-state index is 0.316.